The van der Waals surface area contributed by atoms with Crippen molar-refractivity contribution in [2.24, 2.45) is 7.05 Å². The molecule has 3 heteroatoms. The van der Waals surface area contributed by atoms with E-state index in [9.17, 15) is 0 Å². The van der Waals surface area contributed by atoms with Crippen LogP contribution in [0.25, 0.3) is 0 Å². The third-order valence-corrected chi connectivity index (χ3v) is 2.99. The van der Waals surface area contributed by atoms with Crippen LogP contribution in [0.2, 0.25) is 0 Å². The molecule has 0 aliphatic heterocycles. The predicted molar refractivity (Wildman–Crippen MR) is 75.8 cm³/mol. The Morgan fingerprint density at radius 3 is 2.78 bits per heavy atom. The fourth-order valence-electron chi connectivity index (χ4n) is 2.13. The molecule has 0 saturated carbocycles. The van der Waals surface area contributed by atoms with Crippen molar-refractivity contribution >= 4 is 5.69 Å². The Bertz CT molecular complexity index is 526. The number of rotatable bonds is 4. The highest BCUT2D eigenvalue weighted by Crippen LogP contribution is 2.19. The third-order valence-electron chi connectivity index (χ3n) is 2.99. The summed E-state index contributed by atoms with van der Waals surface area (Å²) >= 11 is 0. The smallest absolute Gasteiger partial charge is 0.0699 e. The minimum atomic E-state index is 0.459. The number of nitrogens with zero attached hydrogens (tertiary/aromatic N) is 2. The summed E-state index contributed by atoms with van der Waals surface area (Å²) in [6, 6.07) is 8.43. The maximum Gasteiger partial charge on any atom is 0.0699 e. The number of benzene rings is 1. The van der Waals surface area contributed by atoms with Crippen LogP contribution in [0.3, 0.4) is 0 Å². The van der Waals surface area contributed by atoms with E-state index in [1.54, 1.807) is 0 Å². The van der Waals surface area contributed by atoms with Gasteiger partial charge in [-0.05, 0) is 30.5 Å². The van der Waals surface area contributed by atoms with Gasteiger partial charge in [0.1, 0.15) is 0 Å². The second kappa shape index (κ2) is 5.25. The van der Waals surface area contributed by atoms with Gasteiger partial charge in [-0.3, -0.25) is 4.68 Å². The molecule has 0 radical (unpaired) electrons. The Morgan fingerprint density at radius 2 is 2.11 bits per heavy atom. The summed E-state index contributed by atoms with van der Waals surface area (Å²) < 4.78 is 1.89. The van der Waals surface area contributed by atoms with Crippen LogP contribution in [-0.2, 0) is 13.6 Å². The Labute approximate surface area is 109 Å². The molecular formula is C15H21N3. The molecule has 0 aliphatic rings. The van der Waals surface area contributed by atoms with Gasteiger partial charge in [-0.2, -0.15) is 5.10 Å². The highest BCUT2D eigenvalue weighted by Gasteiger charge is 2.10. The van der Waals surface area contributed by atoms with E-state index in [1.165, 1.54) is 16.8 Å². The molecule has 0 saturated heterocycles. The molecule has 2 aromatic rings. The van der Waals surface area contributed by atoms with Crippen LogP contribution in [0.15, 0.2) is 30.5 Å². The quantitative estimate of drug-likeness (QED) is 0.891. The fourth-order valence-corrected chi connectivity index (χ4v) is 2.13. The van der Waals surface area contributed by atoms with Crippen molar-refractivity contribution in [1.29, 1.82) is 0 Å². The van der Waals surface area contributed by atoms with Crippen LogP contribution in [0.4, 0.5) is 5.69 Å². The molecule has 18 heavy (non-hydrogen) atoms. The van der Waals surface area contributed by atoms with Crippen LogP contribution < -0.4 is 5.32 Å². The first-order valence-corrected chi connectivity index (χ1v) is 6.39. The second-order valence-electron chi connectivity index (χ2n) is 5.09. The van der Waals surface area contributed by atoms with Gasteiger partial charge >= 0.3 is 0 Å². The molecular weight excluding hydrogens is 222 g/mol. The van der Waals surface area contributed by atoms with Crippen LogP contribution in [0, 0.1) is 6.92 Å². The van der Waals surface area contributed by atoms with E-state index in [-0.39, 0.29) is 0 Å². The van der Waals surface area contributed by atoms with Crippen molar-refractivity contribution in [3.05, 3.63) is 47.3 Å². The average Bonchev–Trinajstić information content (AvgIpc) is 2.68. The molecule has 2 rings (SSSR count). The number of anilines is 1. The van der Waals surface area contributed by atoms with Gasteiger partial charge in [0.25, 0.3) is 0 Å². The summed E-state index contributed by atoms with van der Waals surface area (Å²) in [4.78, 5) is 0. The molecule has 1 heterocycles. The number of aromatic nitrogens is 2. The van der Waals surface area contributed by atoms with Gasteiger partial charge in [0.05, 0.1) is 5.69 Å². The van der Waals surface area contributed by atoms with Crippen molar-refractivity contribution < 1.29 is 0 Å². The van der Waals surface area contributed by atoms with Gasteiger partial charge in [-0.1, -0.05) is 26.0 Å². The minimum Gasteiger partial charge on any atom is -0.381 e. The fraction of sp³-hybridized carbons (Fsp3) is 0.400. The van der Waals surface area contributed by atoms with Crippen molar-refractivity contribution in [2.45, 2.75) is 33.2 Å². The summed E-state index contributed by atoms with van der Waals surface area (Å²) in [5.41, 5.74) is 4.88. The Hall–Kier alpha value is -1.77. The van der Waals surface area contributed by atoms with Gasteiger partial charge in [0.2, 0.25) is 0 Å². The molecule has 0 spiro atoms. The lowest BCUT2D eigenvalue weighted by molar-refractivity contribution is 0.712. The van der Waals surface area contributed by atoms with E-state index in [2.05, 4.69) is 61.6 Å². The topological polar surface area (TPSA) is 29.9 Å². The predicted octanol–water partition coefficient (Wildman–Crippen LogP) is 3.46. The molecule has 1 aromatic heterocycles. The van der Waals surface area contributed by atoms with Crippen molar-refractivity contribution in [3.8, 4) is 0 Å². The van der Waals surface area contributed by atoms with Gasteiger partial charge in [0.15, 0.2) is 0 Å². The number of aryl methyl sites for hydroxylation is 2. The summed E-state index contributed by atoms with van der Waals surface area (Å²) in [6.45, 7) is 7.29. The highest BCUT2D eigenvalue weighted by atomic mass is 15.3. The summed E-state index contributed by atoms with van der Waals surface area (Å²) in [5, 5.41) is 7.97. The molecule has 96 valence electrons. The maximum atomic E-state index is 4.52. The van der Waals surface area contributed by atoms with Crippen LogP contribution in [0.1, 0.15) is 36.6 Å². The minimum absolute atomic E-state index is 0.459. The molecule has 0 fully saturated rings. The van der Waals surface area contributed by atoms with Gasteiger partial charge in [-0.15, -0.1) is 0 Å². The van der Waals surface area contributed by atoms with E-state index < -0.39 is 0 Å². The van der Waals surface area contributed by atoms with Crippen molar-refractivity contribution in [3.63, 3.8) is 0 Å². The largest absolute Gasteiger partial charge is 0.381 e. The summed E-state index contributed by atoms with van der Waals surface area (Å²) in [5.74, 6) is 0.459. The number of hydrogen-bond acceptors (Lipinski definition) is 2. The van der Waals surface area contributed by atoms with Gasteiger partial charge in [0, 0.05) is 31.0 Å². The molecule has 0 atom stereocenters. The molecule has 0 bridgehead atoms. The molecule has 0 aliphatic carbocycles. The van der Waals surface area contributed by atoms with Gasteiger partial charge in [-0.25, -0.2) is 0 Å². The number of hydrogen-bond donors (Lipinski definition) is 1. The van der Waals surface area contributed by atoms with E-state index in [0.29, 0.717) is 5.92 Å². The maximum absolute atomic E-state index is 4.52. The van der Waals surface area contributed by atoms with E-state index in [4.69, 9.17) is 0 Å². The molecule has 0 amide bonds. The average molecular weight is 243 g/mol. The lowest BCUT2D eigenvalue weighted by Gasteiger charge is -2.08. The molecule has 3 nitrogen and oxygen atoms in total. The summed E-state index contributed by atoms with van der Waals surface area (Å²) in [6.07, 6.45) is 2.10. The molecule has 1 N–H and O–H groups in total. The normalized spacial score (nSPS) is 10.9. The van der Waals surface area contributed by atoms with E-state index in [0.717, 1.165) is 12.2 Å². The standard InChI is InChI=1S/C15H21N3/c1-11(2)15-13(10-18(4)17-15)9-16-14-7-5-6-12(3)8-14/h5-8,10-11,16H,9H2,1-4H3. The monoisotopic (exact) mass is 243 g/mol. The lowest BCUT2D eigenvalue weighted by atomic mass is 10.1. The first-order chi connectivity index (χ1) is 8.56. The van der Waals surface area contributed by atoms with Crippen molar-refractivity contribution in [1.82, 2.24) is 9.78 Å². The first kappa shape index (κ1) is 12.7. The zero-order chi connectivity index (χ0) is 13.1. The van der Waals surface area contributed by atoms with Gasteiger partial charge < -0.3 is 5.32 Å². The molecule has 1 aromatic carbocycles. The zero-order valence-corrected chi connectivity index (χ0v) is 11.6. The SMILES string of the molecule is Cc1cccc(NCc2cn(C)nc2C(C)C)c1. The van der Waals surface area contributed by atoms with Crippen LogP contribution in [0.5, 0.6) is 0 Å². The Balaban J connectivity index is 2.10. The van der Waals surface area contributed by atoms with E-state index in [1.807, 2.05) is 11.7 Å². The Kier molecular flexibility index (Phi) is 3.70. The van der Waals surface area contributed by atoms with Crippen LogP contribution >= 0.6 is 0 Å². The first-order valence-electron chi connectivity index (χ1n) is 6.39. The zero-order valence-electron chi connectivity index (χ0n) is 11.6. The summed E-state index contributed by atoms with van der Waals surface area (Å²) in [7, 11) is 1.97. The Morgan fingerprint density at radius 1 is 1.33 bits per heavy atom. The van der Waals surface area contributed by atoms with E-state index >= 15 is 0 Å². The number of nitrogens with one attached hydrogen (secondary N) is 1. The third kappa shape index (κ3) is 2.92. The molecule has 0 unspecified atom stereocenters. The van der Waals surface area contributed by atoms with Crippen LogP contribution in [-0.4, -0.2) is 9.78 Å². The highest BCUT2D eigenvalue weighted by molar-refractivity contribution is 5.46. The second-order valence-corrected chi connectivity index (χ2v) is 5.09. The van der Waals surface area contributed by atoms with Crippen molar-refractivity contribution in [2.75, 3.05) is 5.32 Å². The lowest BCUT2D eigenvalue weighted by Crippen LogP contribution is -2.02.